The maximum atomic E-state index is 12.3. The Morgan fingerprint density at radius 2 is 2.05 bits per heavy atom. The monoisotopic (exact) mass is 327 g/mol. The number of carbonyl (C=O) groups excluding carboxylic acids is 3. The minimum atomic E-state index is -0.847. The first kappa shape index (κ1) is 18.0. The molecule has 0 unspecified atom stereocenters. The summed E-state index contributed by atoms with van der Waals surface area (Å²) in [4.78, 5) is 42.0. The third-order valence-corrected chi connectivity index (χ3v) is 3.33. The van der Waals surface area contributed by atoms with Crippen molar-refractivity contribution in [3.63, 3.8) is 0 Å². The molecule has 1 rings (SSSR count). The molecule has 0 bridgehead atoms. The van der Waals surface area contributed by atoms with Crippen molar-refractivity contribution in [3.8, 4) is 0 Å². The Labute approximate surface area is 134 Å². The SMILES string of the molecule is CC(C)[C@H](NC(=O)[C@H](Cc1cnc[nH]1)NC(=O)CS)C(N)=O. The van der Waals surface area contributed by atoms with Gasteiger partial charge < -0.3 is 21.4 Å². The molecule has 0 radical (unpaired) electrons. The lowest BCUT2D eigenvalue weighted by Gasteiger charge is -2.23. The number of hydrogen-bond donors (Lipinski definition) is 5. The fourth-order valence-electron chi connectivity index (χ4n) is 1.89. The Bertz CT molecular complexity index is 518. The van der Waals surface area contributed by atoms with E-state index in [1.165, 1.54) is 6.33 Å². The van der Waals surface area contributed by atoms with E-state index in [2.05, 4.69) is 33.2 Å². The highest BCUT2D eigenvalue weighted by Crippen LogP contribution is 2.04. The Kier molecular flexibility index (Phi) is 6.90. The number of nitrogens with zero attached hydrogens (tertiary/aromatic N) is 1. The van der Waals surface area contributed by atoms with Gasteiger partial charge in [0.1, 0.15) is 12.1 Å². The molecule has 122 valence electrons. The molecular formula is C13H21N5O3S. The molecule has 0 fully saturated rings. The van der Waals surface area contributed by atoms with E-state index in [9.17, 15) is 14.4 Å². The largest absolute Gasteiger partial charge is 0.368 e. The predicted molar refractivity (Wildman–Crippen MR) is 84.0 cm³/mol. The first-order valence-electron chi connectivity index (χ1n) is 6.82. The molecule has 2 atom stereocenters. The van der Waals surface area contributed by atoms with Gasteiger partial charge in [-0.05, 0) is 5.92 Å². The van der Waals surface area contributed by atoms with Gasteiger partial charge in [0.2, 0.25) is 17.7 Å². The fraction of sp³-hybridized carbons (Fsp3) is 0.538. The highest BCUT2D eigenvalue weighted by Gasteiger charge is 2.27. The Hall–Kier alpha value is -2.03. The molecule has 3 amide bonds. The zero-order chi connectivity index (χ0) is 16.7. The standard InChI is InChI=1S/C13H21N5O3S/c1-7(2)11(12(14)20)18-13(21)9(17-10(19)5-22)3-8-4-15-6-16-8/h4,6-7,9,11,22H,3,5H2,1-2H3,(H2,14,20)(H,15,16)(H,17,19)(H,18,21)/t9-,11-/m0/s1. The highest BCUT2D eigenvalue weighted by atomic mass is 32.1. The second-order valence-corrected chi connectivity index (χ2v) is 5.51. The van der Waals surface area contributed by atoms with E-state index in [4.69, 9.17) is 5.73 Å². The number of amides is 3. The Morgan fingerprint density at radius 1 is 1.36 bits per heavy atom. The van der Waals surface area contributed by atoms with Gasteiger partial charge in [0, 0.05) is 18.3 Å². The number of H-pyrrole nitrogens is 1. The van der Waals surface area contributed by atoms with Gasteiger partial charge in [-0.2, -0.15) is 12.6 Å². The quantitative estimate of drug-likeness (QED) is 0.392. The summed E-state index contributed by atoms with van der Waals surface area (Å²) in [6.07, 6.45) is 3.25. The lowest BCUT2D eigenvalue weighted by molar-refractivity contribution is -0.131. The first-order valence-corrected chi connectivity index (χ1v) is 7.45. The van der Waals surface area contributed by atoms with Crippen molar-refractivity contribution in [3.05, 3.63) is 18.2 Å². The van der Waals surface area contributed by atoms with Gasteiger partial charge in [-0.3, -0.25) is 14.4 Å². The van der Waals surface area contributed by atoms with E-state index >= 15 is 0 Å². The number of aromatic amines is 1. The normalized spacial score (nSPS) is 13.5. The number of nitrogens with two attached hydrogens (primary N) is 1. The van der Waals surface area contributed by atoms with Gasteiger partial charge in [-0.25, -0.2) is 4.98 Å². The molecule has 1 aromatic rings. The number of rotatable bonds is 8. The van der Waals surface area contributed by atoms with E-state index in [1.807, 2.05) is 0 Å². The maximum absolute atomic E-state index is 12.3. The average Bonchev–Trinajstić information content (AvgIpc) is 2.95. The molecule has 8 nitrogen and oxygen atoms in total. The van der Waals surface area contributed by atoms with Crippen LogP contribution in [0.15, 0.2) is 12.5 Å². The van der Waals surface area contributed by atoms with Gasteiger partial charge >= 0.3 is 0 Å². The fourth-order valence-corrected chi connectivity index (χ4v) is 1.98. The van der Waals surface area contributed by atoms with Gasteiger partial charge in [0.25, 0.3) is 0 Å². The molecule has 0 aromatic carbocycles. The minimum absolute atomic E-state index is 0.0455. The Balaban J connectivity index is 2.82. The van der Waals surface area contributed by atoms with E-state index in [0.717, 1.165) is 0 Å². The lowest BCUT2D eigenvalue weighted by atomic mass is 10.0. The molecule has 22 heavy (non-hydrogen) atoms. The van der Waals surface area contributed by atoms with E-state index < -0.39 is 23.9 Å². The molecular weight excluding hydrogens is 306 g/mol. The van der Waals surface area contributed by atoms with Crippen molar-refractivity contribution < 1.29 is 14.4 Å². The lowest BCUT2D eigenvalue weighted by Crippen LogP contribution is -2.55. The second kappa shape index (κ2) is 8.42. The van der Waals surface area contributed by atoms with Crippen LogP contribution in [0.25, 0.3) is 0 Å². The molecule has 0 aliphatic heterocycles. The summed E-state index contributed by atoms with van der Waals surface area (Å²) < 4.78 is 0. The maximum Gasteiger partial charge on any atom is 0.243 e. The van der Waals surface area contributed by atoms with Crippen LogP contribution in [0.4, 0.5) is 0 Å². The smallest absolute Gasteiger partial charge is 0.243 e. The first-order chi connectivity index (χ1) is 10.3. The summed E-state index contributed by atoms with van der Waals surface area (Å²) in [6.45, 7) is 3.54. The molecule has 1 heterocycles. The summed E-state index contributed by atoms with van der Waals surface area (Å²) in [5.74, 6) is -1.69. The van der Waals surface area contributed by atoms with Crippen LogP contribution in [0.2, 0.25) is 0 Å². The van der Waals surface area contributed by atoms with Gasteiger partial charge in [-0.15, -0.1) is 0 Å². The van der Waals surface area contributed by atoms with Gasteiger partial charge in [0.05, 0.1) is 12.1 Å². The minimum Gasteiger partial charge on any atom is -0.368 e. The number of primary amides is 1. The van der Waals surface area contributed by atoms with E-state index in [1.54, 1.807) is 20.0 Å². The van der Waals surface area contributed by atoms with Crippen molar-refractivity contribution >= 4 is 30.4 Å². The topological polar surface area (TPSA) is 130 Å². The third kappa shape index (κ3) is 5.40. The molecule has 9 heteroatoms. The van der Waals surface area contributed by atoms with Crippen LogP contribution >= 0.6 is 12.6 Å². The van der Waals surface area contributed by atoms with Crippen LogP contribution in [0.1, 0.15) is 19.5 Å². The van der Waals surface area contributed by atoms with Crippen LogP contribution in [0, 0.1) is 5.92 Å². The number of imidazole rings is 1. The summed E-state index contributed by atoms with van der Waals surface area (Å²) >= 11 is 3.87. The zero-order valence-corrected chi connectivity index (χ0v) is 13.4. The second-order valence-electron chi connectivity index (χ2n) is 5.19. The molecule has 0 aliphatic carbocycles. The highest BCUT2D eigenvalue weighted by molar-refractivity contribution is 7.81. The summed E-state index contributed by atoms with van der Waals surface area (Å²) in [6, 6.07) is -1.65. The predicted octanol–water partition coefficient (Wildman–Crippen LogP) is -1.01. The number of thiol groups is 1. The average molecular weight is 327 g/mol. The molecule has 5 N–H and O–H groups in total. The van der Waals surface area contributed by atoms with Crippen molar-refractivity contribution in [2.75, 3.05) is 5.75 Å². The van der Waals surface area contributed by atoms with Crippen molar-refractivity contribution in [1.29, 1.82) is 0 Å². The zero-order valence-electron chi connectivity index (χ0n) is 12.5. The van der Waals surface area contributed by atoms with Crippen LogP contribution in [-0.2, 0) is 20.8 Å². The van der Waals surface area contributed by atoms with Crippen molar-refractivity contribution in [2.24, 2.45) is 11.7 Å². The van der Waals surface area contributed by atoms with Crippen LogP contribution in [0.3, 0.4) is 0 Å². The van der Waals surface area contributed by atoms with E-state index in [0.29, 0.717) is 5.69 Å². The van der Waals surface area contributed by atoms with Crippen LogP contribution in [-0.4, -0.2) is 45.5 Å². The van der Waals surface area contributed by atoms with Crippen LogP contribution < -0.4 is 16.4 Å². The molecule has 1 aromatic heterocycles. The van der Waals surface area contributed by atoms with Crippen molar-refractivity contribution in [1.82, 2.24) is 20.6 Å². The third-order valence-electron chi connectivity index (χ3n) is 3.05. The molecule has 0 aliphatic rings. The van der Waals surface area contributed by atoms with E-state index in [-0.39, 0.29) is 24.0 Å². The number of carbonyl (C=O) groups is 3. The molecule has 0 spiro atoms. The molecule has 0 saturated heterocycles. The van der Waals surface area contributed by atoms with Crippen molar-refractivity contribution in [2.45, 2.75) is 32.4 Å². The van der Waals surface area contributed by atoms with Crippen LogP contribution in [0.5, 0.6) is 0 Å². The number of nitrogens with one attached hydrogen (secondary N) is 3. The summed E-state index contributed by atoms with van der Waals surface area (Å²) in [5.41, 5.74) is 5.96. The molecule has 0 saturated carbocycles. The summed E-state index contributed by atoms with van der Waals surface area (Å²) in [5, 5.41) is 5.13. The van der Waals surface area contributed by atoms with Gasteiger partial charge in [-0.1, -0.05) is 13.8 Å². The number of hydrogen-bond acceptors (Lipinski definition) is 5. The summed E-state index contributed by atoms with van der Waals surface area (Å²) in [7, 11) is 0. The van der Waals surface area contributed by atoms with Gasteiger partial charge in [0.15, 0.2) is 0 Å². The number of aromatic nitrogens is 2. The Morgan fingerprint density at radius 3 is 2.50 bits per heavy atom.